The summed E-state index contributed by atoms with van der Waals surface area (Å²) in [7, 11) is 2.80. The predicted octanol–water partition coefficient (Wildman–Crippen LogP) is 5.79. The third-order valence-corrected chi connectivity index (χ3v) is 9.57. The van der Waals surface area contributed by atoms with Gasteiger partial charge in [-0.2, -0.15) is 0 Å². The summed E-state index contributed by atoms with van der Waals surface area (Å²) in [5.74, 6) is -2.48. The number of allylic oxidation sites excluding steroid dienone is 1. The van der Waals surface area contributed by atoms with E-state index in [1.54, 1.807) is 25.1 Å². The highest BCUT2D eigenvalue weighted by Gasteiger charge is 2.61. The quantitative estimate of drug-likeness (QED) is 0.214. The molecule has 47 heavy (non-hydrogen) atoms. The van der Waals surface area contributed by atoms with Crippen molar-refractivity contribution in [1.29, 1.82) is 0 Å². The van der Waals surface area contributed by atoms with E-state index in [2.05, 4.69) is 10.3 Å². The van der Waals surface area contributed by atoms with Gasteiger partial charge in [-0.15, -0.1) is 0 Å². The fraction of sp³-hybridized carbons (Fsp3) is 0.286. The second-order valence-electron chi connectivity index (χ2n) is 11.8. The van der Waals surface area contributed by atoms with Gasteiger partial charge in [0, 0.05) is 60.0 Å². The molecule has 0 saturated heterocycles. The van der Waals surface area contributed by atoms with Crippen molar-refractivity contribution in [2.45, 2.75) is 37.8 Å². The number of amides is 1. The second kappa shape index (κ2) is 11.6. The molecule has 12 heteroatoms. The molecule has 3 unspecified atom stereocenters. The Morgan fingerprint density at radius 2 is 1.89 bits per heavy atom. The molecular formula is C35H31ClN2O9. The minimum atomic E-state index is -2.00. The lowest BCUT2D eigenvalue weighted by atomic mass is 9.69. The summed E-state index contributed by atoms with van der Waals surface area (Å²) in [6.45, 7) is 1.91. The molecule has 3 N–H and O–H groups in total. The number of Topliss-reactive ketones (excluding diaryl/α,β-unsaturated/α-hetero) is 2. The van der Waals surface area contributed by atoms with Crippen LogP contribution in [-0.4, -0.2) is 54.2 Å². The van der Waals surface area contributed by atoms with Gasteiger partial charge >= 0.3 is 0 Å². The van der Waals surface area contributed by atoms with Crippen LogP contribution < -0.4 is 29.0 Å². The van der Waals surface area contributed by atoms with Gasteiger partial charge in [0.1, 0.15) is 22.1 Å². The lowest BCUT2D eigenvalue weighted by molar-refractivity contribution is -0.122. The van der Waals surface area contributed by atoms with E-state index in [0.29, 0.717) is 17.1 Å². The monoisotopic (exact) mass is 658 g/mol. The Morgan fingerprint density at radius 1 is 1.11 bits per heavy atom. The Morgan fingerprint density at radius 3 is 2.68 bits per heavy atom. The molecule has 0 radical (unpaired) electrons. The van der Waals surface area contributed by atoms with Crippen molar-refractivity contribution in [3.8, 4) is 28.7 Å². The first kappa shape index (κ1) is 30.5. The molecule has 3 aromatic carbocycles. The number of benzene rings is 3. The highest BCUT2D eigenvalue weighted by Crippen LogP contribution is 2.56. The average Bonchev–Trinajstić information content (AvgIpc) is 3.81. The molecule has 3 aliphatic rings. The first-order chi connectivity index (χ1) is 22.7. The van der Waals surface area contributed by atoms with Crippen LogP contribution >= 0.6 is 11.6 Å². The normalized spacial score (nSPS) is 20.4. The molecule has 4 aromatic rings. The zero-order chi connectivity index (χ0) is 33.0. The van der Waals surface area contributed by atoms with Gasteiger partial charge in [0.2, 0.25) is 24.1 Å². The number of halogens is 1. The molecular weight excluding hydrogens is 628 g/mol. The molecule has 7 rings (SSSR count). The number of carbonyl (C=O) groups excluding carboxylic acids is 3. The minimum absolute atomic E-state index is 0.0173. The summed E-state index contributed by atoms with van der Waals surface area (Å²) >= 11 is 6.60. The topological polar surface area (TPSA) is 145 Å². The van der Waals surface area contributed by atoms with Gasteiger partial charge in [0.25, 0.3) is 0 Å². The van der Waals surface area contributed by atoms with Crippen LogP contribution in [0, 0.1) is 5.92 Å². The molecule has 11 nitrogen and oxygen atoms in total. The van der Waals surface area contributed by atoms with Crippen LogP contribution in [0.3, 0.4) is 0 Å². The van der Waals surface area contributed by atoms with Crippen molar-refractivity contribution in [1.82, 2.24) is 10.3 Å². The van der Waals surface area contributed by atoms with Gasteiger partial charge in [0.15, 0.2) is 28.8 Å². The smallest absolute Gasteiger partial charge is 0.231 e. The summed E-state index contributed by atoms with van der Waals surface area (Å²) in [6.07, 6.45) is 1.46. The zero-order valence-corrected chi connectivity index (χ0v) is 26.5. The number of rotatable bonds is 8. The van der Waals surface area contributed by atoms with Crippen molar-refractivity contribution in [3.63, 3.8) is 0 Å². The van der Waals surface area contributed by atoms with Gasteiger partial charge in [-0.05, 0) is 35.4 Å². The first-order valence-corrected chi connectivity index (χ1v) is 15.4. The SMILES string of the molecule is COc1cc(OC)c2c(c1Cl)OC1(C2=O)C(O)=C(C(CC(=O)NCc2cccc3[nH]ccc23)c2ccc3c(c2)OCO3)C(=O)CC1C. The lowest BCUT2D eigenvalue weighted by Gasteiger charge is -2.38. The number of hydrogen-bond donors (Lipinski definition) is 3. The third-order valence-electron chi connectivity index (χ3n) is 9.21. The Kier molecular flexibility index (Phi) is 7.51. The van der Waals surface area contributed by atoms with Gasteiger partial charge in [-0.25, -0.2) is 0 Å². The second-order valence-corrected chi connectivity index (χ2v) is 12.1. The number of hydrogen-bond acceptors (Lipinski definition) is 9. The molecule has 1 aliphatic carbocycles. The third kappa shape index (κ3) is 4.75. The number of carbonyl (C=O) groups is 3. The molecule has 242 valence electrons. The minimum Gasteiger partial charge on any atom is -0.507 e. The summed E-state index contributed by atoms with van der Waals surface area (Å²) in [5, 5.41) is 16.1. The van der Waals surface area contributed by atoms with E-state index in [1.807, 2.05) is 30.5 Å². The van der Waals surface area contributed by atoms with Crippen LogP contribution in [0.4, 0.5) is 0 Å². The molecule has 0 bridgehead atoms. The van der Waals surface area contributed by atoms with E-state index < -0.39 is 34.8 Å². The number of nitrogens with one attached hydrogen (secondary N) is 2. The Hall–Kier alpha value is -5.16. The number of fused-ring (bicyclic) bond motifs is 3. The number of aromatic nitrogens is 1. The van der Waals surface area contributed by atoms with Crippen molar-refractivity contribution >= 4 is 40.0 Å². The number of ether oxygens (including phenoxy) is 5. The van der Waals surface area contributed by atoms with Crippen molar-refractivity contribution in [2.24, 2.45) is 5.92 Å². The van der Waals surface area contributed by atoms with Gasteiger partial charge in [-0.3, -0.25) is 14.4 Å². The average molecular weight is 659 g/mol. The number of aromatic amines is 1. The molecule has 1 spiro atoms. The Labute approximate surface area is 274 Å². The summed E-state index contributed by atoms with van der Waals surface area (Å²) in [6, 6.07) is 14.2. The maximum absolute atomic E-state index is 14.3. The van der Waals surface area contributed by atoms with E-state index in [4.69, 9.17) is 35.3 Å². The fourth-order valence-corrected chi connectivity index (χ4v) is 7.08. The van der Waals surface area contributed by atoms with Crippen molar-refractivity contribution in [3.05, 3.63) is 87.8 Å². The summed E-state index contributed by atoms with van der Waals surface area (Å²) in [4.78, 5) is 45.0. The molecule has 3 heterocycles. The van der Waals surface area contributed by atoms with Crippen LogP contribution in [0.15, 0.2) is 66.1 Å². The van der Waals surface area contributed by atoms with Crippen LogP contribution in [0.1, 0.15) is 47.2 Å². The van der Waals surface area contributed by atoms with Crippen LogP contribution in [0.5, 0.6) is 28.7 Å². The lowest BCUT2D eigenvalue weighted by Crippen LogP contribution is -2.53. The van der Waals surface area contributed by atoms with Crippen molar-refractivity contribution in [2.75, 3.05) is 21.0 Å². The molecule has 2 aliphatic heterocycles. The maximum atomic E-state index is 14.3. The van der Waals surface area contributed by atoms with E-state index in [1.165, 1.54) is 20.3 Å². The van der Waals surface area contributed by atoms with Crippen LogP contribution in [0.25, 0.3) is 10.9 Å². The summed E-state index contributed by atoms with van der Waals surface area (Å²) < 4.78 is 28.2. The Balaban J connectivity index is 1.30. The van der Waals surface area contributed by atoms with Gasteiger partial charge in [0.05, 0.1) is 14.2 Å². The van der Waals surface area contributed by atoms with E-state index in [-0.39, 0.29) is 65.5 Å². The largest absolute Gasteiger partial charge is 0.507 e. The molecule has 0 saturated carbocycles. The highest BCUT2D eigenvalue weighted by molar-refractivity contribution is 6.35. The fourth-order valence-electron chi connectivity index (χ4n) is 6.81. The number of H-pyrrole nitrogens is 1. The maximum Gasteiger partial charge on any atom is 0.231 e. The van der Waals surface area contributed by atoms with Gasteiger partial charge in [-0.1, -0.05) is 36.7 Å². The number of ketones is 2. The standard InChI is InChI=1S/C35H31ClN2O9/c1-17-11-23(39)29(33(41)35(17)34(42)30-26(43-2)14-27(44-3)31(36)32(30)47-35)21(18-7-8-24-25(12-18)46-16-45-24)13-28(40)38-15-19-5-4-6-22-20(19)9-10-37-22/h4-10,12,14,17,21,37,41H,11,13,15-16H2,1-3H3,(H,38,40). The van der Waals surface area contributed by atoms with Gasteiger partial charge < -0.3 is 39.1 Å². The van der Waals surface area contributed by atoms with E-state index >= 15 is 0 Å². The van der Waals surface area contributed by atoms with Crippen LogP contribution in [-0.2, 0) is 16.1 Å². The zero-order valence-electron chi connectivity index (χ0n) is 25.8. The molecule has 1 aromatic heterocycles. The highest BCUT2D eigenvalue weighted by atomic mass is 35.5. The number of aliphatic hydroxyl groups is 1. The van der Waals surface area contributed by atoms with Crippen molar-refractivity contribution < 1.29 is 43.2 Å². The molecule has 1 amide bonds. The number of aliphatic hydroxyl groups excluding tert-OH is 1. The molecule has 0 fully saturated rings. The first-order valence-electron chi connectivity index (χ1n) is 15.0. The van der Waals surface area contributed by atoms with E-state index in [9.17, 15) is 19.5 Å². The summed E-state index contributed by atoms with van der Waals surface area (Å²) in [5.41, 5.74) is 0.286. The Bertz CT molecular complexity index is 2000. The predicted molar refractivity (Wildman–Crippen MR) is 171 cm³/mol. The number of methoxy groups -OCH3 is 2. The molecule has 3 atom stereocenters. The van der Waals surface area contributed by atoms with E-state index in [0.717, 1.165) is 16.5 Å². The van der Waals surface area contributed by atoms with Crippen LogP contribution in [0.2, 0.25) is 5.02 Å².